The molecule has 0 bridgehead atoms. The number of hydrogen-bond acceptors (Lipinski definition) is 5. The number of carbonyl (C=O) groups excluding carboxylic acids is 1. The van der Waals surface area contributed by atoms with Gasteiger partial charge in [0.2, 0.25) is 0 Å². The van der Waals surface area contributed by atoms with Crippen LogP contribution >= 0.6 is 11.6 Å². The van der Waals surface area contributed by atoms with Crippen molar-refractivity contribution in [3.05, 3.63) is 64.8 Å². The van der Waals surface area contributed by atoms with E-state index >= 15 is 13.2 Å². The van der Waals surface area contributed by atoms with E-state index in [0.29, 0.717) is 24.5 Å². The zero-order valence-electron chi connectivity index (χ0n) is 19.1. The van der Waals surface area contributed by atoms with Crippen molar-refractivity contribution in [3.8, 4) is 11.1 Å². The van der Waals surface area contributed by atoms with Crippen LogP contribution in [0.2, 0.25) is 5.02 Å². The Morgan fingerprint density at radius 1 is 1.00 bits per heavy atom. The van der Waals surface area contributed by atoms with Crippen LogP contribution in [0.5, 0.6) is 0 Å². The van der Waals surface area contributed by atoms with Crippen molar-refractivity contribution in [1.82, 2.24) is 10.3 Å². The number of fused-ring (bicyclic) bond motifs is 3. The summed E-state index contributed by atoms with van der Waals surface area (Å²) < 4.78 is 60.2. The maximum Gasteiger partial charge on any atom is 0.334 e. The molecule has 190 valence electrons. The molecule has 7 nitrogen and oxygen atoms in total. The van der Waals surface area contributed by atoms with Gasteiger partial charge >= 0.3 is 6.03 Å². The highest BCUT2D eigenvalue weighted by Gasteiger charge is 2.37. The van der Waals surface area contributed by atoms with Crippen LogP contribution in [0.4, 0.5) is 45.2 Å². The molecule has 0 saturated heterocycles. The van der Waals surface area contributed by atoms with Crippen LogP contribution in [-0.4, -0.2) is 48.9 Å². The van der Waals surface area contributed by atoms with Gasteiger partial charge in [0, 0.05) is 48.0 Å². The molecule has 2 aromatic carbocycles. The Bertz CT molecular complexity index is 1290. The quantitative estimate of drug-likeness (QED) is 0.284. The topological polar surface area (TPSA) is 80.7 Å². The molecule has 3 aromatic rings. The molecule has 2 heterocycles. The Labute approximate surface area is 209 Å². The van der Waals surface area contributed by atoms with Crippen molar-refractivity contribution in [3.63, 3.8) is 0 Å². The smallest absolute Gasteiger partial charge is 0.334 e. The maximum absolute atomic E-state index is 15.4. The van der Waals surface area contributed by atoms with Crippen LogP contribution in [0.25, 0.3) is 11.1 Å². The molecule has 4 rings (SSSR count). The number of amides is 2. The second kappa shape index (κ2) is 10.7. The number of urea groups is 1. The van der Waals surface area contributed by atoms with Crippen LogP contribution in [0.1, 0.15) is 6.92 Å². The number of aliphatic hydroxyl groups excluding tert-OH is 1. The van der Waals surface area contributed by atoms with E-state index in [1.807, 2.05) is 0 Å². The van der Waals surface area contributed by atoms with E-state index in [-0.39, 0.29) is 46.5 Å². The zero-order valence-corrected chi connectivity index (χ0v) is 19.8. The summed E-state index contributed by atoms with van der Waals surface area (Å²) in [5.41, 5.74) is -1.24. The van der Waals surface area contributed by atoms with E-state index in [9.17, 15) is 9.18 Å². The molecule has 0 spiro atoms. The third-order valence-corrected chi connectivity index (χ3v) is 5.75. The van der Waals surface area contributed by atoms with E-state index in [4.69, 9.17) is 16.7 Å². The summed E-state index contributed by atoms with van der Waals surface area (Å²) in [5, 5.41) is 14.4. The van der Waals surface area contributed by atoms with E-state index in [1.165, 1.54) is 6.07 Å². The minimum atomic E-state index is -1.10. The highest BCUT2D eigenvalue weighted by atomic mass is 35.5. The van der Waals surface area contributed by atoms with Crippen LogP contribution in [0, 0.1) is 23.3 Å². The minimum absolute atomic E-state index is 0.00593. The first kappa shape index (κ1) is 25.7. The second-order valence-electron chi connectivity index (χ2n) is 7.86. The lowest BCUT2D eigenvalue weighted by molar-refractivity contribution is 0.253. The molecule has 36 heavy (non-hydrogen) atoms. The molecule has 1 aliphatic heterocycles. The number of nitrogens with one attached hydrogen (secondary N) is 2. The van der Waals surface area contributed by atoms with Crippen molar-refractivity contribution < 1.29 is 27.5 Å². The van der Waals surface area contributed by atoms with E-state index in [2.05, 4.69) is 15.6 Å². The van der Waals surface area contributed by atoms with Gasteiger partial charge in [0.25, 0.3) is 0 Å². The van der Waals surface area contributed by atoms with E-state index in [1.54, 1.807) is 6.92 Å². The number of benzene rings is 2. The Morgan fingerprint density at radius 3 is 2.39 bits per heavy atom. The third kappa shape index (κ3) is 4.81. The highest BCUT2D eigenvalue weighted by Crippen LogP contribution is 2.47. The summed E-state index contributed by atoms with van der Waals surface area (Å²) in [6, 6.07) is 4.23. The fourth-order valence-corrected chi connectivity index (χ4v) is 4.23. The molecule has 0 saturated carbocycles. The van der Waals surface area contributed by atoms with Crippen molar-refractivity contribution >= 4 is 40.5 Å². The van der Waals surface area contributed by atoms with Crippen molar-refractivity contribution in [1.29, 1.82) is 0 Å². The summed E-state index contributed by atoms with van der Waals surface area (Å²) in [6.07, 6.45) is 0.870. The van der Waals surface area contributed by atoms with Gasteiger partial charge in [-0.1, -0.05) is 11.6 Å². The molecular formula is C24H22ClF4N5O2. The molecular weight excluding hydrogens is 502 g/mol. The lowest BCUT2D eigenvalue weighted by atomic mass is 10.0. The fourth-order valence-electron chi connectivity index (χ4n) is 4.03. The van der Waals surface area contributed by atoms with Gasteiger partial charge in [0.1, 0.15) is 23.1 Å². The maximum atomic E-state index is 15.4. The largest absolute Gasteiger partial charge is 0.395 e. The predicted octanol–water partition coefficient (Wildman–Crippen LogP) is 5.05. The summed E-state index contributed by atoms with van der Waals surface area (Å²) >= 11 is 6.06. The van der Waals surface area contributed by atoms with Gasteiger partial charge in [-0.25, -0.2) is 27.3 Å². The number of hydrogen-bond donors (Lipinski definition) is 3. The van der Waals surface area contributed by atoms with Gasteiger partial charge in [-0.3, -0.25) is 9.80 Å². The number of anilines is 4. The number of carbonyl (C=O) groups is 1. The monoisotopic (exact) mass is 523 g/mol. The van der Waals surface area contributed by atoms with Gasteiger partial charge in [-0.05, 0) is 37.3 Å². The first-order chi connectivity index (χ1) is 17.3. The number of pyridine rings is 1. The normalized spacial score (nSPS) is 12.9. The first-order valence-corrected chi connectivity index (χ1v) is 11.5. The van der Waals surface area contributed by atoms with Gasteiger partial charge < -0.3 is 15.7 Å². The van der Waals surface area contributed by atoms with Gasteiger partial charge in [0.15, 0.2) is 11.6 Å². The predicted molar refractivity (Wildman–Crippen MR) is 130 cm³/mol. The first-order valence-electron chi connectivity index (χ1n) is 11.1. The zero-order chi connectivity index (χ0) is 26.0. The molecule has 1 aliphatic rings. The van der Waals surface area contributed by atoms with Crippen LogP contribution in [0.3, 0.4) is 0 Å². The van der Waals surface area contributed by atoms with Crippen molar-refractivity contribution in [2.24, 2.45) is 0 Å². The van der Waals surface area contributed by atoms with Crippen LogP contribution < -0.4 is 20.4 Å². The highest BCUT2D eigenvalue weighted by molar-refractivity contribution is 6.31. The average molecular weight is 524 g/mol. The molecule has 0 radical (unpaired) electrons. The summed E-state index contributed by atoms with van der Waals surface area (Å²) in [6.45, 7) is 2.64. The number of rotatable bonds is 8. The van der Waals surface area contributed by atoms with Crippen LogP contribution in [-0.2, 0) is 0 Å². The lowest BCUT2D eigenvalue weighted by Crippen LogP contribution is -2.41. The third-order valence-electron chi connectivity index (χ3n) is 5.53. The van der Waals surface area contributed by atoms with Crippen LogP contribution in [0.15, 0.2) is 36.5 Å². The molecule has 0 unspecified atom stereocenters. The molecule has 0 fully saturated rings. The summed E-state index contributed by atoms with van der Waals surface area (Å²) in [7, 11) is 0. The molecule has 0 atom stereocenters. The number of nitrogens with zero attached hydrogens (tertiary/aromatic N) is 3. The van der Waals surface area contributed by atoms with Crippen molar-refractivity contribution in [2.45, 2.75) is 6.92 Å². The fraction of sp³-hybridized carbons (Fsp3) is 0.250. The second-order valence-corrected chi connectivity index (χ2v) is 8.29. The summed E-state index contributed by atoms with van der Waals surface area (Å²) in [4.78, 5) is 19.4. The molecule has 1 aromatic heterocycles. The number of aliphatic hydroxyl groups is 1. The Kier molecular flexibility index (Phi) is 7.62. The Hall–Kier alpha value is -3.41. The number of halogens is 5. The molecule has 2 amide bonds. The average Bonchev–Trinajstić information content (AvgIpc) is 2.91. The van der Waals surface area contributed by atoms with Gasteiger partial charge in [0.05, 0.1) is 18.5 Å². The SMILES string of the molecule is CCN1C(=O)N(c2c(F)cc(NCCNCCO)cc2F)c2cc(Cl)cc(F)c2-c2cc(F)cnc21. The van der Waals surface area contributed by atoms with E-state index < -0.39 is 35.0 Å². The van der Waals surface area contributed by atoms with Crippen molar-refractivity contribution in [2.75, 3.05) is 47.9 Å². The minimum Gasteiger partial charge on any atom is -0.395 e. The molecule has 12 heteroatoms. The summed E-state index contributed by atoms with van der Waals surface area (Å²) in [5.74, 6) is -3.96. The standard InChI is InChI=1S/C24H22ClF4N5O2/c1-2-33-23-16(9-14(26)12-32-23)21-17(27)7-13(25)8-20(21)34(24(33)36)22-18(28)10-15(11-19(22)29)31-4-3-30-5-6-35/h7-12,30-31,35H,2-6H2,1H3. The number of aromatic nitrogens is 1. The van der Waals surface area contributed by atoms with Gasteiger partial charge in [-0.15, -0.1) is 0 Å². The lowest BCUT2D eigenvalue weighted by Gasteiger charge is -2.28. The molecule has 0 aliphatic carbocycles. The van der Waals surface area contributed by atoms with E-state index in [0.717, 1.165) is 35.4 Å². The molecule has 3 N–H and O–H groups in total. The Balaban J connectivity index is 1.86. The Morgan fingerprint density at radius 2 is 1.72 bits per heavy atom. The van der Waals surface area contributed by atoms with Gasteiger partial charge in [-0.2, -0.15) is 0 Å².